The Morgan fingerprint density at radius 1 is 1.18 bits per heavy atom. The van der Waals surface area contributed by atoms with Gasteiger partial charge in [-0.2, -0.15) is 4.98 Å². The largest absolute Gasteiger partial charge is 0.480 e. The van der Waals surface area contributed by atoms with Crippen LogP contribution in [0.4, 0.5) is 11.8 Å². The Kier molecular flexibility index (Phi) is 6.76. The average molecular weight is 452 g/mol. The maximum atomic E-state index is 12.5. The molecule has 0 atom stereocenters. The van der Waals surface area contributed by atoms with Crippen LogP contribution in [0.2, 0.25) is 0 Å². The molecule has 1 amide bonds. The first-order valence-electron chi connectivity index (χ1n) is 11.1. The molecule has 1 aliphatic carbocycles. The molecule has 4 rings (SSSR count). The van der Waals surface area contributed by atoms with Gasteiger partial charge in [0.15, 0.2) is 17.9 Å². The summed E-state index contributed by atoms with van der Waals surface area (Å²) in [4.78, 5) is 34.9. The van der Waals surface area contributed by atoms with Crippen LogP contribution in [0.15, 0.2) is 45.7 Å². The van der Waals surface area contributed by atoms with Crippen LogP contribution in [0.1, 0.15) is 31.2 Å². The highest BCUT2D eigenvalue weighted by atomic mass is 16.5. The fraction of sp³-hybridized carbons (Fsp3) is 0.417. The molecule has 0 spiro atoms. The Morgan fingerprint density at radius 2 is 1.94 bits per heavy atom. The molecular weight excluding hydrogens is 422 g/mol. The van der Waals surface area contributed by atoms with Gasteiger partial charge in [-0.05, 0) is 50.3 Å². The molecule has 2 heterocycles. The molecule has 2 N–H and O–H groups in total. The summed E-state index contributed by atoms with van der Waals surface area (Å²) < 4.78 is 11.0. The zero-order valence-electron chi connectivity index (χ0n) is 19.1. The van der Waals surface area contributed by atoms with Crippen molar-refractivity contribution in [3.8, 4) is 5.75 Å². The van der Waals surface area contributed by atoms with Crippen LogP contribution in [0.25, 0.3) is 11.0 Å². The smallest absolute Gasteiger partial charge is 0.336 e. The van der Waals surface area contributed by atoms with Gasteiger partial charge in [0.25, 0.3) is 5.91 Å². The molecule has 9 nitrogen and oxygen atoms in total. The van der Waals surface area contributed by atoms with E-state index in [-0.39, 0.29) is 24.6 Å². The molecule has 1 fully saturated rings. The summed E-state index contributed by atoms with van der Waals surface area (Å²) in [6, 6.07) is 9.04. The van der Waals surface area contributed by atoms with Crippen molar-refractivity contribution >= 4 is 28.6 Å². The minimum absolute atomic E-state index is 0.0980. The first-order chi connectivity index (χ1) is 15.9. The number of carbonyl (C=O) groups excluding carboxylic acids is 1. The van der Waals surface area contributed by atoms with E-state index in [9.17, 15) is 9.59 Å². The fourth-order valence-corrected chi connectivity index (χ4v) is 4.07. The molecule has 1 aliphatic rings. The SMILES string of the molecule is Cc1cc(=O)oc2c(OCC(=O)N[C@H]3CC[C@@H](Nc4nccc(N(C)C)n4)CC3)cccc12. The third kappa shape index (κ3) is 5.60. The fourth-order valence-electron chi connectivity index (χ4n) is 4.07. The molecule has 0 aliphatic heterocycles. The number of para-hydroxylation sites is 1. The number of rotatable bonds is 7. The van der Waals surface area contributed by atoms with Gasteiger partial charge in [0.05, 0.1) is 0 Å². The Labute approximate surface area is 192 Å². The third-order valence-electron chi connectivity index (χ3n) is 5.82. The minimum atomic E-state index is -0.440. The van der Waals surface area contributed by atoms with Gasteiger partial charge in [0, 0.05) is 43.8 Å². The van der Waals surface area contributed by atoms with Crippen LogP contribution in [0.3, 0.4) is 0 Å². The predicted octanol–water partition coefficient (Wildman–Crippen LogP) is 2.88. The number of hydrogen-bond donors (Lipinski definition) is 2. The lowest BCUT2D eigenvalue weighted by Crippen LogP contribution is -2.42. The summed E-state index contributed by atoms with van der Waals surface area (Å²) in [5.74, 6) is 1.67. The van der Waals surface area contributed by atoms with Gasteiger partial charge >= 0.3 is 5.63 Å². The molecule has 0 saturated heterocycles. The zero-order chi connectivity index (χ0) is 23.4. The second-order valence-electron chi connectivity index (χ2n) is 8.56. The number of nitrogens with zero attached hydrogens (tertiary/aromatic N) is 3. The van der Waals surface area contributed by atoms with Crippen molar-refractivity contribution < 1.29 is 13.9 Å². The highest BCUT2D eigenvalue weighted by Gasteiger charge is 2.23. The third-order valence-corrected chi connectivity index (χ3v) is 5.82. The van der Waals surface area contributed by atoms with E-state index in [1.165, 1.54) is 6.07 Å². The first kappa shape index (κ1) is 22.6. The summed E-state index contributed by atoms with van der Waals surface area (Å²) in [7, 11) is 3.89. The van der Waals surface area contributed by atoms with Gasteiger partial charge in [-0.1, -0.05) is 12.1 Å². The zero-order valence-corrected chi connectivity index (χ0v) is 19.1. The van der Waals surface area contributed by atoms with Gasteiger partial charge < -0.3 is 24.7 Å². The summed E-state index contributed by atoms with van der Waals surface area (Å²) in [6.07, 6.45) is 5.29. The molecule has 33 heavy (non-hydrogen) atoms. The number of aromatic nitrogens is 2. The van der Waals surface area contributed by atoms with Crippen molar-refractivity contribution in [2.75, 3.05) is 30.9 Å². The Bertz CT molecular complexity index is 1180. The van der Waals surface area contributed by atoms with E-state index >= 15 is 0 Å². The maximum Gasteiger partial charge on any atom is 0.336 e. The second-order valence-corrected chi connectivity index (χ2v) is 8.56. The average Bonchev–Trinajstić information content (AvgIpc) is 2.79. The van der Waals surface area contributed by atoms with Gasteiger partial charge in [0.1, 0.15) is 5.82 Å². The van der Waals surface area contributed by atoms with Crippen LogP contribution >= 0.6 is 0 Å². The van der Waals surface area contributed by atoms with Crippen molar-refractivity contribution in [1.82, 2.24) is 15.3 Å². The second kappa shape index (κ2) is 9.89. The van der Waals surface area contributed by atoms with E-state index in [1.807, 2.05) is 44.1 Å². The van der Waals surface area contributed by atoms with E-state index in [1.54, 1.807) is 12.3 Å². The number of ether oxygens (including phenoxy) is 1. The number of fused-ring (bicyclic) bond motifs is 1. The predicted molar refractivity (Wildman–Crippen MR) is 127 cm³/mol. The number of amides is 1. The molecule has 0 unspecified atom stereocenters. The van der Waals surface area contributed by atoms with Gasteiger partial charge in [-0.3, -0.25) is 4.79 Å². The van der Waals surface area contributed by atoms with Crippen LogP contribution in [0, 0.1) is 6.92 Å². The van der Waals surface area contributed by atoms with Gasteiger partial charge in [-0.15, -0.1) is 0 Å². The van der Waals surface area contributed by atoms with Crippen molar-refractivity contribution in [2.24, 2.45) is 0 Å². The van der Waals surface area contributed by atoms with E-state index in [4.69, 9.17) is 9.15 Å². The van der Waals surface area contributed by atoms with Crippen molar-refractivity contribution in [3.63, 3.8) is 0 Å². The molecule has 9 heteroatoms. The lowest BCUT2D eigenvalue weighted by atomic mass is 9.91. The minimum Gasteiger partial charge on any atom is -0.480 e. The van der Waals surface area contributed by atoms with E-state index in [0.717, 1.165) is 42.5 Å². The van der Waals surface area contributed by atoms with Crippen LogP contribution in [0.5, 0.6) is 5.75 Å². The van der Waals surface area contributed by atoms with Crippen molar-refractivity contribution in [2.45, 2.75) is 44.7 Å². The number of nitrogens with one attached hydrogen (secondary N) is 2. The van der Waals surface area contributed by atoms with Gasteiger partial charge in [0.2, 0.25) is 5.95 Å². The lowest BCUT2D eigenvalue weighted by Gasteiger charge is -2.29. The molecule has 1 aromatic carbocycles. The lowest BCUT2D eigenvalue weighted by molar-refractivity contribution is -0.124. The topological polar surface area (TPSA) is 110 Å². The monoisotopic (exact) mass is 451 g/mol. The molecule has 0 bridgehead atoms. The highest BCUT2D eigenvalue weighted by molar-refractivity contribution is 5.85. The number of hydrogen-bond acceptors (Lipinski definition) is 8. The summed E-state index contributed by atoms with van der Waals surface area (Å²) in [5, 5.41) is 7.24. The van der Waals surface area contributed by atoms with Crippen molar-refractivity contribution in [1.29, 1.82) is 0 Å². The highest BCUT2D eigenvalue weighted by Crippen LogP contribution is 2.26. The van der Waals surface area contributed by atoms with E-state index < -0.39 is 5.63 Å². The Hall–Kier alpha value is -3.62. The quantitative estimate of drug-likeness (QED) is 0.528. The molecule has 3 aromatic rings. The molecule has 174 valence electrons. The summed E-state index contributed by atoms with van der Waals surface area (Å²) >= 11 is 0. The normalized spacial score (nSPS) is 18.0. The summed E-state index contributed by atoms with van der Waals surface area (Å²) in [5.41, 5.74) is 0.729. The van der Waals surface area contributed by atoms with Crippen molar-refractivity contribution in [3.05, 3.63) is 52.5 Å². The number of aryl methyl sites for hydroxylation is 1. The number of benzene rings is 1. The van der Waals surface area contributed by atoms with Crippen LogP contribution < -0.4 is 25.9 Å². The molecule has 2 aromatic heterocycles. The van der Waals surface area contributed by atoms with Crippen LogP contribution in [-0.2, 0) is 4.79 Å². The van der Waals surface area contributed by atoms with E-state index in [2.05, 4.69) is 20.6 Å². The molecular formula is C24H29N5O4. The molecule has 1 saturated carbocycles. The molecule has 0 radical (unpaired) electrons. The maximum absolute atomic E-state index is 12.5. The number of anilines is 2. The standard InChI is InChI=1S/C24H29N5O4/c1-15-13-22(31)33-23-18(15)5-4-6-19(23)32-14-21(30)26-16-7-9-17(10-8-16)27-24-25-12-11-20(28-24)29(2)3/h4-6,11-13,16-17H,7-10,14H2,1-3H3,(H,26,30)(H,25,27,28)/t16-,17+. The first-order valence-corrected chi connectivity index (χ1v) is 11.1. The summed E-state index contributed by atoms with van der Waals surface area (Å²) in [6.45, 7) is 1.70. The Balaban J connectivity index is 1.27. The number of carbonyl (C=O) groups is 1. The Morgan fingerprint density at radius 3 is 2.70 bits per heavy atom. The van der Waals surface area contributed by atoms with Gasteiger partial charge in [-0.25, -0.2) is 9.78 Å². The van der Waals surface area contributed by atoms with Crippen LogP contribution in [-0.4, -0.2) is 48.7 Å². The van der Waals surface area contributed by atoms with E-state index in [0.29, 0.717) is 17.3 Å².